The first-order valence-corrected chi connectivity index (χ1v) is 13.2. The molecule has 2 fully saturated rings. The monoisotopic (exact) mass is 578 g/mol. The number of aliphatic hydroxyl groups is 1. The second-order valence-corrected chi connectivity index (χ2v) is 10.5. The first-order chi connectivity index (χ1) is 17.7. The molecule has 0 spiro atoms. The van der Waals surface area contributed by atoms with Crippen LogP contribution in [-0.2, 0) is 11.4 Å². The molecule has 2 aromatic rings. The normalized spacial score (nSPS) is 18.3. The van der Waals surface area contributed by atoms with Crippen molar-refractivity contribution in [1.29, 1.82) is 0 Å². The van der Waals surface area contributed by atoms with Crippen molar-refractivity contribution in [3.05, 3.63) is 57.8 Å². The lowest BCUT2D eigenvalue weighted by atomic mass is 9.72. The van der Waals surface area contributed by atoms with E-state index in [1.807, 2.05) is 0 Å². The lowest BCUT2D eigenvalue weighted by molar-refractivity contribution is -0.143. The van der Waals surface area contributed by atoms with Gasteiger partial charge in [-0.3, -0.25) is 4.79 Å². The lowest BCUT2D eigenvalue weighted by Gasteiger charge is -2.42. The number of nitrogens with zero attached hydrogens (tertiary/aromatic N) is 2. The molecular weight excluding hydrogens is 547 g/mol. The van der Waals surface area contributed by atoms with Crippen LogP contribution in [0.3, 0.4) is 0 Å². The Bertz CT molecular complexity index is 1130. The van der Waals surface area contributed by atoms with Gasteiger partial charge in [-0.25, -0.2) is 9.18 Å². The zero-order chi connectivity index (χ0) is 26.6. The van der Waals surface area contributed by atoms with Gasteiger partial charge in [0.1, 0.15) is 12.4 Å². The summed E-state index contributed by atoms with van der Waals surface area (Å²) in [4.78, 5) is 28.1. The Morgan fingerprint density at radius 2 is 1.70 bits per heavy atom. The van der Waals surface area contributed by atoms with E-state index in [-0.39, 0.29) is 38.7 Å². The van der Waals surface area contributed by atoms with Gasteiger partial charge in [0.05, 0.1) is 18.6 Å². The molecule has 1 aliphatic carbocycles. The number of carbonyl (C=O) groups is 2. The highest BCUT2D eigenvalue weighted by Crippen LogP contribution is 2.43. The number of piperazine rings is 1. The quantitative estimate of drug-likeness (QED) is 0.490. The second-order valence-electron chi connectivity index (χ2n) is 9.63. The van der Waals surface area contributed by atoms with Crippen molar-refractivity contribution in [3.63, 3.8) is 0 Å². The summed E-state index contributed by atoms with van der Waals surface area (Å²) in [7, 11) is 1.49. The van der Waals surface area contributed by atoms with E-state index in [9.17, 15) is 24.2 Å². The predicted molar refractivity (Wildman–Crippen MR) is 138 cm³/mol. The fourth-order valence-corrected chi connectivity index (χ4v) is 5.55. The Balaban J connectivity index is 1.59. The minimum Gasteiger partial charge on any atom is -0.493 e. The SMILES string of the molecule is COc1cc(C(C(=O)N2CCN(C(=O)O)CC2)C2(O)CCCCC2)ccc1OCc1ccc(Br)cc1F. The van der Waals surface area contributed by atoms with E-state index in [2.05, 4.69) is 15.9 Å². The van der Waals surface area contributed by atoms with Gasteiger partial charge in [0.15, 0.2) is 11.5 Å². The number of hydrogen-bond acceptors (Lipinski definition) is 5. The fraction of sp³-hybridized carbons (Fsp3) is 0.481. The summed E-state index contributed by atoms with van der Waals surface area (Å²) in [5, 5.41) is 21.0. The van der Waals surface area contributed by atoms with Crippen molar-refractivity contribution in [1.82, 2.24) is 9.80 Å². The van der Waals surface area contributed by atoms with Crippen LogP contribution in [0.5, 0.6) is 11.5 Å². The third kappa shape index (κ3) is 6.18. The molecule has 2 aromatic carbocycles. The Morgan fingerprint density at radius 1 is 1.03 bits per heavy atom. The highest BCUT2D eigenvalue weighted by Gasteiger charge is 2.45. The molecule has 1 aliphatic heterocycles. The summed E-state index contributed by atoms with van der Waals surface area (Å²) >= 11 is 3.24. The van der Waals surface area contributed by atoms with Gasteiger partial charge in [0.2, 0.25) is 5.91 Å². The van der Waals surface area contributed by atoms with E-state index < -0.39 is 23.4 Å². The van der Waals surface area contributed by atoms with Crippen molar-refractivity contribution < 1.29 is 33.7 Å². The van der Waals surface area contributed by atoms with Crippen molar-refractivity contribution >= 4 is 27.9 Å². The topological polar surface area (TPSA) is 99.5 Å². The number of amides is 2. The van der Waals surface area contributed by atoms with E-state index in [1.165, 1.54) is 18.1 Å². The van der Waals surface area contributed by atoms with Gasteiger partial charge in [0, 0.05) is 36.2 Å². The van der Waals surface area contributed by atoms with Crippen LogP contribution in [0.15, 0.2) is 40.9 Å². The van der Waals surface area contributed by atoms with E-state index in [0.29, 0.717) is 39.9 Å². The molecule has 2 amide bonds. The number of benzene rings is 2. The standard InChI is InChI=1S/C27H32BrFN2O6/c1-36-23-15-18(6-8-22(23)37-17-19-5-7-20(28)16-21(19)29)24(27(35)9-3-2-4-10-27)25(32)30-11-13-31(14-12-30)26(33)34/h5-8,15-16,24,35H,2-4,9-14,17H2,1H3,(H,33,34). The summed E-state index contributed by atoms with van der Waals surface area (Å²) in [6.07, 6.45) is 2.65. The van der Waals surface area contributed by atoms with Crippen molar-refractivity contribution in [2.24, 2.45) is 0 Å². The van der Waals surface area contributed by atoms with Gasteiger partial charge in [-0.05, 0) is 42.7 Å². The maximum atomic E-state index is 14.2. The molecular formula is C27H32BrFN2O6. The van der Waals surface area contributed by atoms with Crippen LogP contribution in [0.25, 0.3) is 0 Å². The van der Waals surface area contributed by atoms with Gasteiger partial charge < -0.3 is 29.5 Å². The Kier molecular flexibility index (Phi) is 8.59. The number of methoxy groups -OCH3 is 1. The van der Waals surface area contributed by atoms with Crippen molar-refractivity contribution in [2.45, 2.75) is 50.2 Å². The van der Waals surface area contributed by atoms with Gasteiger partial charge >= 0.3 is 6.09 Å². The molecule has 1 atom stereocenters. The molecule has 37 heavy (non-hydrogen) atoms. The highest BCUT2D eigenvalue weighted by atomic mass is 79.9. The summed E-state index contributed by atoms with van der Waals surface area (Å²) in [6.45, 7) is 1.00. The Morgan fingerprint density at radius 3 is 2.32 bits per heavy atom. The first-order valence-electron chi connectivity index (χ1n) is 12.5. The largest absolute Gasteiger partial charge is 0.493 e. The molecule has 1 saturated heterocycles. The summed E-state index contributed by atoms with van der Waals surface area (Å²) in [5.74, 6) is -0.662. The molecule has 2 aliphatic rings. The van der Waals surface area contributed by atoms with E-state index in [4.69, 9.17) is 9.47 Å². The smallest absolute Gasteiger partial charge is 0.407 e. The van der Waals surface area contributed by atoms with Gasteiger partial charge in [-0.15, -0.1) is 0 Å². The van der Waals surface area contributed by atoms with Crippen LogP contribution in [0.4, 0.5) is 9.18 Å². The number of rotatable bonds is 7. The predicted octanol–water partition coefficient (Wildman–Crippen LogP) is 4.78. The molecule has 8 nitrogen and oxygen atoms in total. The molecule has 1 heterocycles. The molecule has 0 bridgehead atoms. The zero-order valence-electron chi connectivity index (χ0n) is 20.8. The van der Waals surface area contributed by atoms with Gasteiger partial charge in [-0.2, -0.15) is 0 Å². The van der Waals surface area contributed by atoms with Crippen LogP contribution >= 0.6 is 15.9 Å². The van der Waals surface area contributed by atoms with Gasteiger partial charge in [-0.1, -0.05) is 47.3 Å². The first kappa shape index (κ1) is 27.2. The Labute approximate surface area is 224 Å². The fourth-order valence-electron chi connectivity index (χ4n) is 5.21. The zero-order valence-corrected chi connectivity index (χ0v) is 22.4. The molecule has 2 N–H and O–H groups in total. The number of hydrogen-bond donors (Lipinski definition) is 2. The lowest BCUT2D eigenvalue weighted by Crippen LogP contribution is -2.54. The maximum absolute atomic E-state index is 14.2. The van der Waals surface area contributed by atoms with Crippen LogP contribution in [0.2, 0.25) is 0 Å². The van der Waals surface area contributed by atoms with Gasteiger partial charge in [0.25, 0.3) is 0 Å². The molecule has 4 rings (SSSR count). The van der Waals surface area contributed by atoms with E-state index >= 15 is 0 Å². The number of halogens is 2. The summed E-state index contributed by atoms with van der Waals surface area (Å²) in [5.41, 5.74) is -0.221. The highest BCUT2D eigenvalue weighted by molar-refractivity contribution is 9.10. The minimum absolute atomic E-state index is 0.00499. The molecule has 10 heteroatoms. The molecule has 200 valence electrons. The summed E-state index contributed by atoms with van der Waals surface area (Å²) < 4.78 is 26.3. The average Bonchev–Trinajstić information content (AvgIpc) is 2.89. The number of carboxylic acid groups (broad SMARTS) is 1. The third-order valence-corrected chi connectivity index (χ3v) is 7.78. The summed E-state index contributed by atoms with van der Waals surface area (Å²) in [6, 6.07) is 9.88. The van der Waals surface area contributed by atoms with E-state index in [0.717, 1.165) is 19.3 Å². The maximum Gasteiger partial charge on any atom is 0.407 e. The number of carbonyl (C=O) groups excluding carboxylic acids is 1. The van der Waals surface area contributed by atoms with Crippen LogP contribution in [0.1, 0.15) is 49.1 Å². The number of ether oxygens (including phenoxy) is 2. The van der Waals surface area contributed by atoms with Crippen LogP contribution in [-0.4, -0.2) is 70.9 Å². The Hall–Kier alpha value is -2.85. The van der Waals surface area contributed by atoms with Crippen LogP contribution in [0, 0.1) is 5.82 Å². The molecule has 1 saturated carbocycles. The third-order valence-electron chi connectivity index (χ3n) is 7.28. The molecule has 0 radical (unpaired) electrons. The average molecular weight is 579 g/mol. The second kappa shape index (κ2) is 11.7. The van der Waals surface area contributed by atoms with Crippen LogP contribution < -0.4 is 9.47 Å². The molecule has 0 aromatic heterocycles. The van der Waals surface area contributed by atoms with E-state index in [1.54, 1.807) is 35.2 Å². The molecule has 1 unspecified atom stereocenters. The minimum atomic E-state index is -1.22. The van der Waals surface area contributed by atoms with Crippen molar-refractivity contribution in [2.75, 3.05) is 33.3 Å². The van der Waals surface area contributed by atoms with Crippen molar-refractivity contribution in [3.8, 4) is 11.5 Å².